The molecule has 108 valence electrons. The number of hydrogen-bond donors (Lipinski definition) is 1. The van der Waals surface area contributed by atoms with Gasteiger partial charge in [0.1, 0.15) is 5.75 Å². The second-order valence-electron chi connectivity index (χ2n) is 5.08. The second kappa shape index (κ2) is 6.57. The van der Waals surface area contributed by atoms with Crippen molar-refractivity contribution in [2.24, 2.45) is 7.05 Å². The maximum Gasteiger partial charge on any atom is 0.122 e. The Morgan fingerprint density at radius 3 is 2.80 bits per heavy atom. The van der Waals surface area contributed by atoms with E-state index in [1.165, 1.54) is 16.7 Å². The minimum atomic E-state index is 0.254. The van der Waals surface area contributed by atoms with Crippen LogP contribution < -0.4 is 10.1 Å². The van der Waals surface area contributed by atoms with E-state index in [9.17, 15) is 0 Å². The molecule has 0 saturated carbocycles. The molecule has 0 bridgehead atoms. The number of hydrogen-bond acceptors (Lipinski definition) is 3. The summed E-state index contributed by atoms with van der Waals surface area (Å²) in [6.07, 6.45) is 4.88. The second-order valence-corrected chi connectivity index (χ2v) is 5.08. The predicted molar refractivity (Wildman–Crippen MR) is 81.1 cm³/mol. The van der Waals surface area contributed by atoms with Gasteiger partial charge in [-0.25, -0.2) is 0 Å². The molecule has 0 aliphatic carbocycles. The average molecular weight is 273 g/mol. The number of methoxy groups -OCH3 is 1. The largest absolute Gasteiger partial charge is 0.496 e. The third-order valence-electron chi connectivity index (χ3n) is 3.44. The van der Waals surface area contributed by atoms with Gasteiger partial charge in [-0.1, -0.05) is 24.6 Å². The van der Waals surface area contributed by atoms with Crippen molar-refractivity contribution in [1.82, 2.24) is 15.1 Å². The van der Waals surface area contributed by atoms with Crippen molar-refractivity contribution >= 4 is 0 Å². The first-order chi connectivity index (χ1) is 9.63. The van der Waals surface area contributed by atoms with E-state index in [0.717, 1.165) is 18.7 Å². The fourth-order valence-electron chi connectivity index (χ4n) is 2.46. The lowest BCUT2D eigenvalue weighted by Crippen LogP contribution is -2.22. The molecule has 0 spiro atoms. The summed E-state index contributed by atoms with van der Waals surface area (Å²) in [5.74, 6) is 0.947. The first-order valence-electron chi connectivity index (χ1n) is 6.99. The van der Waals surface area contributed by atoms with Crippen LogP contribution in [0, 0.1) is 6.92 Å². The number of ether oxygens (including phenoxy) is 1. The lowest BCUT2D eigenvalue weighted by atomic mass is 9.99. The van der Waals surface area contributed by atoms with E-state index in [2.05, 4.69) is 42.6 Å². The zero-order valence-corrected chi connectivity index (χ0v) is 12.7. The molecule has 1 atom stereocenters. The van der Waals surface area contributed by atoms with Crippen LogP contribution in [0.5, 0.6) is 5.75 Å². The molecule has 1 heterocycles. The topological polar surface area (TPSA) is 39.1 Å². The van der Waals surface area contributed by atoms with Crippen LogP contribution in [0.2, 0.25) is 0 Å². The normalized spacial score (nSPS) is 12.4. The summed E-state index contributed by atoms with van der Waals surface area (Å²) < 4.78 is 7.31. The highest BCUT2D eigenvalue weighted by atomic mass is 16.5. The van der Waals surface area contributed by atoms with Gasteiger partial charge in [0.15, 0.2) is 0 Å². The fourth-order valence-corrected chi connectivity index (χ4v) is 2.46. The van der Waals surface area contributed by atoms with Crippen molar-refractivity contribution in [3.63, 3.8) is 0 Å². The van der Waals surface area contributed by atoms with Gasteiger partial charge >= 0.3 is 0 Å². The predicted octanol–water partition coefficient (Wildman–Crippen LogP) is 2.63. The van der Waals surface area contributed by atoms with Gasteiger partial charge in [0.2, 0.25) is 0 Å². The summed E-state index contributed by atoms with van der Waals surface area (Å²) in [5, 5.41) is 7.79. The molecule has 0 aliphatic heterocycles. The van der Waals surface area contributed by atoms with Crippen molar-refractivity contribution in [3.8, 4) is 5.75 Å². The van der Waals surface area contributed by atoms with Gasteiger partial charge < -0.3 is 10.1 Å². The molecule has 0 saturated heterocycles. The number of aryl methyl sites for hydroxylation is 2. The van der Waals surface area contributed by atoms with E-state index in [0.29, 0.717) is 0 Å². The first kappa shape index (κ1) is 14.6. The van der Waals surface area contributed by atoms with Crippen LogP contribution in [-0.2, 0) is 13.5 Å². The van der Waals surface area contributed by atoms with Gasteiger partial charge in [-0.3, -0.25) is 4.68 Å². The van der Waals surface area contributed by atoms with Gasteiger partial charge in [0.05, 0.1) is 13.3 Å². The van der Waals surface area contributed by atoms with Gasteiger partial charge in [0.25, 0.3) is 0 Å². The molecule has 0 aliphatic rings. The molecule has 4 heteroatoms. The van der Waals surface area contributed by atoms with Crippen molar-refractivity contribution in [1.29, 1.82) is 0 Å². The molecule has 0 amide bonds. The number of nitrogens with one attached hydrogen (secondary N) is 1. The van der Waals surface area contributed by atoms with E-state index >= 15 is 0 Å². The molecule has 2 rings (SSSR count). The van der Waals surface area contributed by atoms with Crippen molar-refractivity contribution in [3.05, 3.63) is 47.3 Å². The summed E-state index contributed by atoms with van der Waals surface area (Å²) >= 11 is 0. The maximum absolute atomic E-state index is 5.47. The Labute approximate surface area is 120 Å². The van der Waals surface area contributed by atoms with Crippen molar-refractivity contribution in [2.45, 2.75) is 26.3 Å². The van der Waals surface area contributed by atoms with E-state index < -0.39 is 0 Å². The SMILES string of the molecule is CCNC(Cc1cc(C)ccc1OC)c1cnn(C)c1. The van der Waals surface area contributed by atoms with E-state index in [1.807, 2.05) is 24.0 Å². The third kappa shape index (κ3) is 3.39. The highest BCUT2D eigenvalue weighted by molar-refractivity contribution is 5.38. The zero-order valence-electron chi connectivity index (χ0n) is 12.7. The Balaban J connectivity index is 2.26. The van der Waals surface area contributed by atoms with Crippen LogP contribution in [0.15, 0.2) is 30.6 Å². The van der Waals surface area contributed by atoms with Crippen molar-refractivity contribution < 1.29 is 4.74 Å². The van der Waals surface area contributed by atoms with Crippen molar-refractivity contribution in [2.75, 3.05) is 13.7 Å². The van der Waals surface area contributed by atoms with Gasteiger partial charge in [0, 0.05) is 24.8 Å². The molecule has 1 aromatic heterocycles. The molecule has 1 unspecified atom stereocenters. The highest BCUT2D eigenvalue weighted by Gasteiger charge is 2.15. The summed E-state index contributed by atoms with van der Waals surface area (Å²) in [4.78, 5) is 0. The van der Waals surface area contributed by atoms with Crippen LogP contribution in [-0.4, -0.2) is 23.4 Å². The molecule has 1 N–H and O–H groups in total. The van der Waals surface area contributed by atoms with E-state index in [4.69, 9.17) is 4.74 Å². The van der Waals surface area contributed by atoms with E-state index in [-0.39, 0.29) is 6.04 Å². The fraction of sp³-hybridized carbons (Fsp3) is 0.438. The minimum absolute atomic E-state index is 0.254. The first-order valence-corrected chi connectivity index (χ1v) is 6.99. The Bertz CT molecular complexity index is 563. The summed E-state index contributed by atoms with van der Waals surface area (Å²) in [5.41, 5.74) is 3.68. The standard InChI is InChI=1S/C16H23N3O/c1-5-17-15(14-10-18-19(3)11-14)9-13-8-12(2)6-7-16(13)20-4/h6-8,10-11,15,17H,5,9H2,1-4H3. The van der Waals surface area contributed by atoms with Crippen LogP contribution >= 0.6 is 0 Å². The molecular formula is C16H23N3O. The highest BCUT2D eigenvalue weighted by Crippen LogP contribution is 2.26. The lowest BCUT2D eigenvalue weighted by Gasteiger charge is -2.18. The maximum atomic E-state index is 5.47. The molecule has 0 radical (unpaired) electrons. The summed E-state index contributed by atoms with van der Waals surface area (Å²) in [7, 11) is 3.67. The monoisotopic (exact) mass is 273 g/mol. The Morgan fingerprint density at radius 2 is 2.20 bits per heavy atom. The van der Waals surface area contributed by atoms with Crippen LogP contribution in [0.4, 0.5) is 0 Å². The van der Waals surface area contributed by atoms with Crippen LogP contribution in [0.1, 0.15) is 29.7 Å². The summed E-state index contributed by atoms with van der Waals surface area (Å²) in [6, 6.07) is 6.56. The zero-order chi connectivity index (χ0) is 14.5. The Hall–Kier alpha value is -1.81. The molecule has 20 heavy (non-hydrogen) atoms. The van der Waals surface area contributed by atoms with E-state index in [1.54, 1.807) is 7.11 Å². The lowest BCUT2D eigenvalue weighted by molar-refractivity contribution is 0.405. The number of rotatable bonds is 6. The van der Waals surface area contributed by atoms with Gasteiger partial charge in [-0.15, -0.1) is 0 Å². The van der Waals surface area contributed by atoms with Gasteiger partial charge in [-0.2, -0.15) is 5.10 Å². The molecule has 1 aromatic carbocycles. The number of benzene rings is 1. The molecular weight excluding hydrogens is 250 g/mol. The van der Waals surface area contributed by atoms with Crippen LogP contribution in [0.25, 0.3) is 0 Å². The smallest absolute Gasteiger partial charge is 0.122 e. The molecule has 4 nitrogen and oxygen atoms in total. The molecule has 0 fully saturated rings. The quantitative estimate of drug-likeness (QED) is 0.879. The Kier molecular flexibility index (Phi) is 4.79. The minimum Gasteiger partial charge on any atom is -0.496 e. The Morgan fingerprint density at radius 1 is 1.40 bits per heavy atom. The van der Waals surface area contributed by atoms with Gasteiger partial charge in [-0.05, 0) is 31.5 Å². The number of likely N-dealkylation sites (N-methyl/N-ethyl adjacent to an activating group) is 1. The average Bonchev–Trinajstić information content (AvgIpc) is 2.85. The van der Waals surface area contributed by atoms with Crippen LogP contribution in [0.3, 0.4) is 0 Å². The summed E-state index contributed by atoms with van der Waals surface area (Å²) in [6.45, 7) is 5.15. The third-order valence-corrected chi connectivity index (χ3v) is 3.44. The number of aromatic nitrogens is 2. The molecule has 2 aromatic rings. The number of nitrogens with zero attached hydrogens (tertiary/aromatic N) is 2.